The maximum Gasteiger partial charge on any atom is 0.425 e. The average Bonchev–Trinajstić information content (AvgIpc) is 3.26. The van der Waals surface area contributed by atoms with E-state index in [4.69, 9.17) is 4.74 Å². The minimum absolute atomic E-state index is 0.00272. The van der Waals surface area contributed by atoms with Gasteiger partial charge in [0.25, 0.3) is 0 Å². The zero-order valence-corrected chi connectivity index (χ0v) is 18.2. The third kappa shape index (κ3) is 4.67. The lowest BCUT2D eigenvalue weighted by Gasteiger charge is -2.26. The fourth-order valence-corrected chi connectivity index (χ4v) is 4.26. The summed E-state index contributed by atoms with van der Waals surface area (Å²) >= 11 is 0.612. The van der Waals surface area contributed by atoms with Crippen LogP contribution in [0.1, 0.15) is 27.7 Å². The van der Waals surface area contributed by atoms with Crippen LogP contribution in [0.2, 0.25) is 0 Å². The van der Waals surface area contributed by atoms with Gasteiger partial charge >= 0.3 is 11.9 Å². The van der Waals surface area contributed by atoms with Gasteiger partial charge in [0, 0.05) is 24.0 Å². The second-order valence-electron chi connectivity index (χ2n) is 7.19. The Morgan fingerprint density at radius 3 is 2.59 bits per heavy atom. The number of pyridine rings is 1. The molecule has 0 aromatic carbocycles. The van der Waals surface area contributed by atoms with E-state index in [1.54, 1.807) is 20.1 Å². The van der Waals surface area contributed by atoms with Gasteiger partial charge in [0.15, 0.2) is 0 Å². The number of halogens is 3. The van der Waals surface area contributed by atoms with Crippen LogP contribution in [0.15, 0.2) is 41.2 Å². The predicted molar refractivity (Wildman–Crippen MR) is 115 cm³/mol. The fraction of sp³-hybridized carbons (Fsp3) is 0.333. The van der Waals surface area contributed by atoms with Crippen molar-refractivity contribution in [2.45, 2.75) is 26.1 Å². The van der Waals surface area contributed by atoms with Crippen molar-refractivity contribution in [2.75, 3.05) is 25.1 Å². The molecule has 4 heterocycles. The van der Waals surface area contributed by atoms with E-state index in [-0.39, 0.29) is 6.54 Å². The number of anilines is 1. The molecule has 3 aromatic rings. The third-order valence-electron chi connectivity index (χ3n) is 5.09. The summed E-state index contributed by atoms with van der Waals surface area (Å²) in [5, 5.41) is 0. The summed E-state index contributed by atoms with van der Waals surface area (Å²) in [5.74, 6) is 1.24. The van der Waals surface area contributed by atoms with E-state index >= 15 is 0 Å². The minimum Gasteiger partial charge on any atom is -0.481 e. The van der Waals surface area contributed by atoms with Crippen LogP contribution in [-0.4, -0.2) is 39.7 Å². The number of rotatable bonds is 5. The maximum absolute atomic E-state index is 12.8. The lowest BCUT2D eigenvalue weighted by Crippen LogP contribution is -2.35. The van der Waals surface area contributed by atoms with Crippen LogP contribution in [-0.2, 0) is 12.7 Å². The van der Waals surface area contributed by atoms with Gasteiger partial charge in [-0.3, -0.25) is 4.57 Å². The molecule has 11 heteroatoms. The molecule has 3 aromatic heterocycles. The second-order valence-corrected chi connectivity index (χ2v) is 8.36. The van der Waals surface area contributed by atoms with Gasteiger partial charge in [-0.15, -0.1) is 11.3 Å². The minimum atomic E-state index is -4.40. The second kappa shape index (κ2) is 8.73. The van der Waals surface area contributed by atoms with E-state index in [0.29, 0.717) is 53.4 Å². The monoisotopic (exact) mass is 463 g/mol. The first kappa shape index (κ1) is 22.0. The topological polar surface area (TPSA) is 73.1 Å². The molecule has 0 saturated carbocycles. The molecule has 0 fully saturated rings. The third-order valence-corrected chi connectivity index (χ3v) is 6.20. The SMILES string of the molecule is COc1cccc(C2=CCN(c3nc(C)n(Cc4ccc(C(F)(F)F)s4)c(=O)n3)CC2)n1. The molecule has 7 nitrogen and oxygen atoms in total. The molecule has 4 rings (SSSR count). The molecule has 1 aliphatic heterocycles. The first-order chi connectivity index (χ1) is 15.2. The largest absolute Gasteiger partial charge is 0.481 e. The quantitative estimate of drug-likeness (QED) is 0.574. The molecule has 0 saturated heterocycles. The van der Waals surface area contributed by atoms with Gasteiger partial charge in [-0.05, 0) is 37.1 Å². The van der Waals surface area contributed by atoms with Gasteiger partial charge in [0.05, 0.1) is 19.3 Å². The highest BCUT2D eigenvalue weighted by atomic mass is 32.1. The van der Waals surface area contributed by atoms with Gasteiger partial charge < -0.3 is 9.64 Å². The Morgan fingerprint density at radius 2 is 1.97 bits per heavy atom. The molecule has 0 bridgehead atoms. The van der Waals surface area contributed by atoms with Crippen molar-refractivity contribution in [3.8, 4) is 5.88 Å². The Labute approximate surface area is 185 Å². The number of thiophene rings is 1. The Hall–Kier alpha value is -3.21. The van der Waals surface area contributed by atoms with Crippen LogP contribution in [0.5, 0.6) is 5.88 Å². The first-order valence-corrected chi connectivity index (χ1v) is 10.6. The van der Waals surface area contributed by atoms with Crippen molar-refractivity contribution >= 4 is 22.9 Å². The molecule has 0 unspecified atom stereocenters. The summed E-state index contributed by atoms with van der Waals surface area (Å²) in [6.07, 6.45) is -1.69. The molecule has 32 heavy (non-hydrogen) atoms. The van der Waals surface area contributed by atoms with Crippen LogP contribution in [0.4, 0.5) is 19.1 Å². The van der Waals surface area contributed by atoms with Crippen molar-refractivity contribution < 1.29 is 17.9 Å². The highest BCUT2D eigenvalue weighted by Gasteiger charge is 2.32. The van der Waals surface area contributed by atoms with Crippen LogP contribution >= 0.6 is 11.3 Å². The van der Waals surface area contributed by atoms with Gasteiger partial charge in [-0.2, -0.15) is 23.1 Å². The summed E-state index contributed by atoms with van der Waals surface area (Å²) < 4.78 is 44.9. The van der Waals surface area contributed by atoms with Gasteiger partial charge in [-0.1, -0.05) is 12.1 Å². The van der Waals surface area contributed by atoms with Crippen LogP contribution in [0.3, 0.4) is 0 Å². The normalized spacial score (nSPS) is 14.4. The summed E-state index contributed by atoms with van der Waals surface area (Å²) in [7, 11) is 1.57. The standard InChI is InChI=1S/C21H20F3N5O2S/c1-13-25-19(27-20(30)29(13)12-15-6-7-17(32-15)21(22,23)24)28-10-8-14(9-11-28)16-4-3-5-18(26-16)31-2/h3-8H,9-12H2,1-2H3. The molecular weight excluding hydrogens is 443 g/mol. The number of hydrogen-bond acceptors (Lipinski definition) is 7. The first-order valence-electron chi connectivity index (χ1n) is 9.81. The molecule has 0 spiro atoms. The summed E-state index contributed by atoms with van der Waals surface area (Å²) in [4.78, 5) is 27.1. The Bertz CT molecular complexity index is 1220. The predicted octanol–water partition coefficient (Wildman–Crippen LogP) is 3.77. The lowest BCUT2D eigenvalue weighted by atomic mass is 10.0. The van der Waals surface area contributed by atoms with E-state index in [1.807, 2.05) is 23.1 Å². The van der Waals surface area contributed by atoms with Crippen molar-refractivity contribution in [1.29, 1.82) is 0 Å². The maximum atomic E-state index is 12.8. The van der Waals surface area contributed by atoms with Gasteiger partial charge in [0.2, 0.25) is 11.8 Å². The van der Waals surface area contributed by atoms with E-state index in [2.05, 4.69) is 15.0 Å². The highest BCUT2D eigenvalue weighted by Crippen LogP contribution is 2.34. The van der Waals surface area contributed by atoms with E-state index in [9.17, 15) is 18.0 Å². The zero-order valence-electron chi connectivity index (χ0n) is 17.4. The van der Waals surface area contributed by atoms with E-state index in [1.165, 1.54) is 10.6 Å². The molecule has 0 aliphatic carbocycles. The summed E-state index contributed by atoms with van der Waals surface area (Å²) in [6.45, 7) is 2.76. The van der Waals surface area contributed by atoms with Crippen molar-refractivity contribution in [3.05, 3.63) is 68.2 Å². The van der Waals surface area contributed by atoms with Gasteiger partial charge in [-0.25, -0.2) is 9.78 Å². The fourth-order valence-electron chi connectivity index (χ4n) is 3.40. The Morgan fingerprint density at radius 1 is 1.16 bits per heavy atom. The number of aromatic nitrogens is 4. The molecule has 0 amide bonds. The highest BCUT2D eigenvalue weighted by molar-refractivity contribution is 7.12. The molecule has 0 N–H and O–H groups in total. The van der Waals surface area contributed by atoms with Crippen LogP contribution in [0.25, 0.3) is 5.57 Å². The number of aryl methyl sites for hydroxylation is 1. The summed E-state index contributed by atoms with van der Waals surface area (Å²) in [6, 6.07) is 7.97. The van der Waals surface area contributed by atoms with E-state index < -0.39 is 16.7 Å². The number of ether oxygens (including phenoxy) is 1. The average molecular weight is 463 g/mol. The summed E-state index contributed by atoms with van der Waals surface area (Å²) in [5.41, 5.74) is 1.37. The molecule has 168 valence electrons. The van der Waals surface area contributed by atoms with Gasteiger partial charge in [0.1, 0.15) is 10.7 Å². The molecule has 1 aliphatic rings. The number of nitrogens with zero attached hydrogens (tertiary/aromatic N) is 5. The number of alkyl halides is 3. The molecule has 0 atom stereocenters. The van der Waals surface area contributed by atoms with Crippen molar-refractivity contribution in [2.24, 2.45) is 0 Å². The molecule has 0 radical (unpaired) electrons. The Kier molecular flexibility index (Phi) is 6.00. The lowest BCUT2D eigenvalue weighted by molar-refractivity contribution is -0.134. The van der Waals surface area contributed by atoms with Crippen LogP contribution in [0, 0.1) is 6.92 Å². The Balaban J connectivity index is 1.50. The van der Waals surface area contributed by atoms with Crippen molar-refractivity contribution in [3.63, 3.8) is 0 Å². The number of methoxy groups -OCH3 is 1. The van der Waals surface area contributed by atoms with Crippen molar-refractivity contribution in [1.82, 2.24) is 19.5 Å². The number of hydrogen-bond donors (Lipinski definition) is 0. The zero-order chi connectivity index (χ0) is 22.9. The van der Waals surface area contributed by atoms with E-state index in [0.717, 1.165) is 17.3 Å². The van der Waals surface area contributed by atoms with Crippen LogP contribution < -0.4 is 15.3 Å². The molecular formula is C21H20F3N5O2S. The smallest absolute Gasteiger partial charge is 0.425 e.